The largest absolute Gasteiger partial charge is 0.460 e. The minimum Gasteiger partial charge on any atom is -0.460 e. The fourth-order valence-electron chi connectivity index (χ4n) is 0.746. The van der Waals surface area contributed by atoms with E-state index in [2.05, 4.69) is 9.97 Å². The minimum absolute atomic E-state index is 0.0000281. The van der Waals surface area contributed by atoms with Crippen LogP contribution < -0.4 is 4.74 Å². The Morgan fingerprint density at radius 3 is 2.31 bits per heavy atom. The number of nitrogens with zero attached hydrogens (tertiary/aromatic N) is 2. The standard InChI is InChI=1S/C8H11ClN2O4S/c1-8(2,12)5-15-7-10-3-6(4-11-7)16(9,13)14/h3-4,12H,5H2,1-2H3. The van der Waals surface area contributed by atoms with Crippen molar-refractivity contribution in [3.63, 3.8) is 0 Å². The van der Waals surface area contributed by atoms with Crippen molar-refractivity contribution in [2.75, 3.05) is 6.61 Å². The van der Waals surface area contributed by atoms with E-state index in [0.717, 1.165) is 12.4 Å². The van der Waals surface area contributed by atoms with Crippen molar-refractivity contribution < 1.29 is 18.3 Å². The molecule has 1 N–H and O–H groups in total. The van der Waals surface area contributed by atoms with E-state index in [-0.39, 0.29) is 17.5 Å². The van der Waals surface area contributed by atoms with Gasteiger partial charge >= 0.3 is 6.01 Å². The molecule has 90 valence electrons. The Morgan fingerprint density at radius 1 is 1.44 bits per heavy atom. The lowest BCUT2D eigenvalue weighted by Crippen LogP contribution is -2.28. The van der Waals surface area contributed by atoms with Gasteiger partial charge in [-0.25, -0.2) is 18.4 Å². The van der Waals surface area contributed by atoms with Crippen LogP contribution in [0.15, 0.2) is 17.3 Å². The van der Waals surface area contributed by atoms with E-state index < -0.39 is 14.7 Å². The molecule has 0 aromatic carbocycles. The third-order valence-corrected chi connectivity index (χ3v) is 2.75. The summed E-state index contributed by atoms with van der Waals surface area (Å²) in [5.41, 5.74) is -1.01. The second-order valence-corrected chi connectivity index (χ2v) is 6.31. The van der Waals surface area contributed by atoms with E-state index in [4.69, 9.17) is 15.4 Å². The molecule has 0 fully saturated rings. The molecule has 0 spiro atoms. The maximum Gasteiger partial charge on any atom is 0.316 e. The first-order valence-corrected chi connectivity index (χ1v) is 6.61. The van der Waals surface area contributed by atoms with Gasteiger partial charge < -0.3 is 9.84 Å². The number of aliphatic hydroxyl groups is 1. The van der Waals surface area contributed by atoms with Crippen LogP contribution in [0.3, 0.4) is 0 Å². The number of hydrogen-bond acceptors (Lipinski definition) is 6. The summed E-state index contributed by atoms with van der Waals surface area (Å²) in [6.07, 6.45) is 2.07. The van der Waals surface area contributed by atoms with Gasteiger partial charge in [0, 0.05) is 10.7 Å². The summed E-state index contributed by atoms with van der Waals surface area (Å²) < 4.78 is 26.8. The van der Waals surface area contributed by atoms with Crippen LogP contribution in [-0.2, 0) is 9.05 Å². The molecule has 0 amide bonds. The third kappa shape index (κ3) is 4.30. The topological polar surface area (TPSA) is 89.4 Å². The van der Waals surface area contributed by atoms with Gasteiger partial charge in [-0.2, -0.15) is 0 Å². The molecule has 0 aliphatic heterocycles. The fraction of sp³-hybridized carbons (Fsp3) is 0.500. The van der Waals surface area contributed by atoms with Gasteiger partial charge in [-0.05, 0) is 13.8 Å². The predicted molar refractivity (Wildman–Crippen MR) is 56.9 cm³/mol. The van der Waals surface area contributed by atoms with Crippen LogP contribution in [0.2, 0.25) is 0 Å². The van der Waals surface area contributed by atoms with E-state index in [9.17, 15) is 13.5 Å². The van der Waals surface area contributed by atoms with E-state index in [1.54, 1.807) is 13.8 Å². The SMILES string of the molecule is CC(C)(O)COc1ncc(S(=O)(=O)Cl)cn1. The summed E-state index contributed by atoms with van der Waals surface area (Å²) >= 11 is 0. The molecule has 6 nitrogen and oxygen atoms in total. The van der Waals surface area contributed by atoms with Crippen molar-refractivity contribution in [3.8, 4) is 6.01 Å². The molecule has 1 heterocycles. The lowest BCUT2D eigenvalue weighted by molar-refractivity contribution is 0.0249. The predicted octanol–water partition coefficient (Wildman–Crippen LogP) is 0.554. The maximum atomic E-state index is 10.9. The van der Waals surface area contributed by atoms with Crippen molar-refractivity contribution in [1.82, 2.24) is 9.97 Å². The Hall–Kier alpha value is -0.920. The molecular weight excluding hydrogens is 256 g/mol. The highest BCUT2D eigenvalue weighted by atomic mass is 35.7. The van der Waals surface area contributed by atoms with Crippen molar-refractivity contribution in [3.05, 3.63) is 12.4 Å². The first kappa shape index (κ1) is 13.1. The highest BCUT2D eigenvalue weighted by Crippen LogP contribution is 2.14. The average molecular weight is 267 g/mol. The van der Waals surface area contributed by atoms with Crippen LogP contribution in [0, 0.1) is 0 Å². The van der Waals surface area contributed by atoms with Gasteiger partial charge in [0.05, 0.1) is 18.0 Å². The lowest BCUT2D eigenvalue weighted by atomic mass is 10.2. The highest BCUT2D eigenvalue weighted by molar-refractivity contribution is 8.13. The number of rotatable bonds is 4. The molecule has 0 atom stereocenters. The maximum absolute atomic E-state index is 10.9. The summed E-state index contributed by atoms with van der Waals surface area (Å²) in [7, 11) is 1.25. The van der Waals surface area contributed by atoms with E-state index in [0.29, 0.717) is 0 Å². The molecule has 0 aliphatic carbocycles. The van der Waals surface area contributed by atoms with Crippen LogP contribution in [0.5, 0.6) is 6.01 Å². The Kier molecular flexibility index (Phi) is 3.72. The number of halogens is 1. The molecule has 8 heteroatoms. The minimum atomic E-state index is -3.82. The van der Waals surface area contributed by atoms with Crippen molar-refractivity contribution in [2.45, 2.75) is 24.3 Å². The van der Waals surface area contributed by atoms with Crippen LogP contribution in [0.4, 0.5) is 0 Å². The van der Waals surface area contributed by atoms with Crippen LogP contribution >= 0.6 is 10.7 Å². The molecule has 0 radical (unpaired) electrons. The van der Waals surface area contributed by atoms with Gasteiger partial charge in [-0.3, -0.25) is 0 Å². The Morgan fingerprint density at radius 2 is 1.94 bits per heavy atom. The average Bonchev–Trinajstić information content (AvgIpc) is 2.13. The third-order valence-electron chi connectivity index (χ3n) is 1.44. The number of aromatic nitrogens is 2. The quantitative estimate of drug-likeness (QED) is 0.801. The summed E-state index contributed by atoms with van der Waals surface area (Å²) in [5.74, 6) is 0. The van der Waals surface area contributed by atoms with Gasteiger partial charge in [0.2, 0.25) is 0 Å². The normalized spacial score (nSPS) is 12.5. The monoisotopic (exact) mass is 266 g/mol. The summed E-state index contributed by atoms with van der Waals surface area (Å²) in [5, 5.41) is 9.37. The van der Waals surface area contributed by atoms with E-state index in [1.165, 1.54) is 0 Å². The zero-order valence-electron chi connectivity index (χ0n) is 8.71. The number of ether oxygens (including phenoxy) is 1. The Bertz CT molecular complexity index is 452. The molecule has 1 aromatic rings. The zero-order chi connectivity index (χ0) is 12.4. The Balaban J connectivity index is 2.73. The van der Waals surface area contributed by atoms with Crippen molar-refractivity contribution in [1.29, 1.82) is 0 Å². The second kappa shape index (κ2) is 4.52. The molecule has 1 aromatic heterocycles. The Labute approximate surface area is 97.7 Å². The van der Waals surface area contributed by atoms with E-state index >= 15 is 0 Å². The summed E-state index contributed by atoms with van der Waals surface area (Å²) in [6, 6.07) is -0.0220. The van der Waals surface area contributed by atoms with Gasteiger partial charge in [0.1, 0.15) is 11.5 Å². The van der Waals surface area contributed by atoms with Crippen LogP contribution in [0.1, 0.15) is 13.8 Å². The molecule has 0 aliphatic rings. The lowest BCUT2D eigenvalue weighted by Gasteiger charge is -2.16. The van der Waals surface area contributed by atoms with Gasteiger partial charge in [-0.15, -0.1) is 0 Å². The second-order valence-electron chi connectivity index (χ2n) is 3.74. The summed E-state index contributed by atoms with van der Waals surface area (Å²) in [6.45, 7) is 3.12. The van der Waals surface area contributed by atoms with Gasteiger partial charge in [0.15, 0.2) is 0 Å². The first-order valence-electron chi connectivity index (χ1n) is 4.30. The van der Waals surface area contributed by atoms with E-state index in [1.807, 2.05) is 0 Å². The molecule has 16 heavy (non-hydrogen) atoms. The molecule has 0 bridgehead atoms. The smallest absolute Gasteiger partial charge is 0.316 e. The fourth-order valence-corrected chi connectivity index (χ4v) is 1.34. The highest BCUT2D eigenvalue weighted by Gasteiger charge is 2.15. The van der Waals surface area contributed by atoms with Crippen molar-refractivity contribution >= 4 is 19.7 Å². The first-order chi connectivity index (χ1) is 7.18. The molecule has 0 unspecified atom stereocenters. The number of hydrogen-bond donors (Lipinski definition) is 1. The van der Waals surface area contributed by atoms with Crippen molar-refractivity contribution in [2.24, 2.45) is 0 Å². The zero-order valence-corrected chi connectivity index (χ0v) is 10.3. The molecule has 1 rings (SSSR count). The van der Waals surface area contributed by atoms with Gasteiger partial charge in [-0.1, -0.05) is 0 Å². The van der Waals surface area contributed by atoms with Gasteiger partial charge in [0.25, 0.3) is 9.05 Å². The molecular formula is C8H11ClN2O4S. The summed E-state index contributed by atoms with van der Waals surface area (Å²) in [4.78, 5) is 7.08. The molecule has 0 saturated carbocycles. The van der Waals surface area contributed by atoms with Crippen LogP contribution in [0.25, 0.3) is 0 Å². The molecule has 0 saturated heterocycles. The van der Waals surface area contributed by atoms with Crippen LogP contribution in [-0.4, -0.2) is 35.7 Å².